The highest BCUT2D eigenvalue weighted by Crippen LogP contribution is 2.24. The molecule has 0 aliphatic heterocycles. The van der Waals surface area contributed by atoms with E-state index in [-0.39, 0.29) is 6.07 Å². The molecule has 0 saturated carbocycles. The molecule has 0 unspecified atom stereocenters. The van der Waals surface area contributed by atoms with Gasteiger partial charge in [0.2, 0.25) is 5.82 Å². The monoisotopic (exact) mass is 210 g/mol. The lowest BCUT2D eigenvalue weighted by Crippen LogP contribution is -2.02. The smallest absolute Gasteiger partial charge is 0.258 e. The van der Waals surface area contributed by atoms with Gasteiger partial charge in [-0.25, -0.2) is 13.8 Å². The summed E-state index contributed by atoms with van der Waals surface area (Å²) >= 11 is 0. The highest BCUT2D eigenvalue weighted by atomic mass is 19.3. The fourth-order valence-corrected chi connectivity index (χ4v) is 0.770. The number of nitrogens with zero attached hydrogens (tertiary/aromatic N) is 2. The summed E-state index contributed by atoms with van der Waals surface area (Å²) in [7, 11) is 0. The highest BCUT2D eigenvalue weighted by molar-refractivity contribution is 5.31. The molecule has 4 nitrogen and oxygen atoms in total. The first-order chi connectivity index (χ1) is 6.43. The van der Waals surface area contributed by atoms with Crippen LogP contribution in [0.3, 0.4) is 0 Å². The first kappa shape index (κ1) is 10.4. The van der Waals surface area contributed by atoms with Crippen molar-refractivity contribution in [3.8, 4) is 0 Å². The van der Waals surface area contributed by atoms with Gasteiger partial charge in [0.15, 0.2) is 0 Å². The zero-order chi connectivity index (χ0) is 10.9. The summed E-state index contributed by atoms with van der Waals surface area (Å²) in [4.78, 5) is 11.2. The van der Waals surface area contributed by atoms with Crippen LogP contribution in [-0.2, 0) is 0 Å². The van der Waals surface area contributed by atoms with Crippen molar-refractivity contribution in [3.63, 3.8) is 0 Å². The molecule has 0 N–H and O–H groups in total. The van der Waals surface area contributed by atoms with Crippen LogP contribution in [0.5, 0.6) is 0 Å². The molecule has 0 aliphatic rings. The summed E-state index contributed by atoms with van der Waals surface area (Å²) in [6.07, 6.45) is -3.18. The van der Waals surface area contributed by atoms with Gasteiger partial charge in [-0.05, 0) is 0 Å². The molecule has 0 saturated heterocycles. The quantitative estimate of drug-likeness (QED) is 0.325. The van der Waals surface area contributed by atoms with Gasteiger partial charge >= 0.3 is 5.69 Å². The van der Waals surface area contributed by atoms with Crippen LogP contribution in [0, 0.1) is 21.9 Å². The van der Waals surface area contributed by atoms with E-state index < -0.39 is 34.5 Å². The molecule has 0 amide bonds. The Balaban J connectivity index is 3.32. The average Bonchev–Trinajstić information content (AvgIpc) is 2.01. The summed E-state index contributed by atoms with van der Waals surface area (Å²) in [5.41, 5.74) is -2.71. The molecule has 1 aromatic heterocycles. The van der Waals surface area contributed by atoms with E-state index in [0.717, 1.165) is 0 Å². The average molecular weight is 210 g/mol. The van der Waals surface area contributed by atoms with Crippen LogP contribution in [0.25, 0.3) is 0 Å². The van der Waals surface area contributed by atoms with Gasteiger partial charge in [-0.2, -0.15) is 8.78 Å². The largest absolute Gasteiger partial charge is 0.359 e. The topological polar surface area (TPSA) is 56.0 Å². The van der Waals surface area contributed by atoms with Crippen LogP contribution >= 0.6 is 0 Å². The van der Waals surface area contributed by atoms with E-state index in [1.165, 1.54) is 0 Å². The SMILES string of the molecule is O=[N+]([O-])c1c(F)cc(C(F)F)nc1F. The van der Waals surface area contributed by atoms with E-state index in [9.17, 15) is 27.7 Å². The second kappa shape index (κ2) is 3.56. The van der Waals surface area contributed by atoms with Gasteiger partial charge in [0, 0.05) is 6.07 Å². The minimum atomic E-state index is -3.18. The lowest BCUT2D eigenvalue weighted by molar-refractivity contribution is -0.390. The molecule has 1 rings (SSSR count). The maximum atomic E-state index is 12.7. The van der Waals surface area contributed by atoms with Crippen molar-refractivity contribution >= 4 is 5.69 Å². The minimum absolute atomic E-state index is 0.131. The molecule has 14 heavy (non-hydrogen) atoms. The predicted molar refractivity (Wildman–Crippen MR) is 35.8 cm³/mol. The van der Waals surface area contributed by atoms with E-state index in [1.54, 1.807) is 0 Å². The van der Waals surface area contributed by atoms with Gasteiger partial charge in [-0.1, -0.05) is 0 Å². The number of rotatable bonds is 2. The second-order valence-corrected chi connectivity index (χ2v) is 2.23. The minimum Gasteiger partial charge on any atom is -0.258 e. The number of nitro groups is 1. The Bertz CT molecular complexity index is 359. The van der Waals surface area contributed by atoms with Crippen molar-refractivity contribution in [3.05, 3.63) is 33.6 Å². The van der Waals surface area contributed by atoms with Crippen LogP contribution in [-0.4, -0.2) is 9.91 Å². The van der Waals surface area contributed by atoms with Gasteiger partial charge < -0.3 is 0 Å². The summed E-state index contributed by atoms with van der Waals surface area (Å²) in [5.74, 6) is -3.52. The molecule has 8 heteroatoms. The van der Waals surface area contributed by atoms with Crippen molar-refractivity contribution in [1.29, 1.82) is 0 Å². The van der Waals surface area contributed by atoms with E-state index >= 15 is 0 Å². The predicted octanol–water partition coefficient (Wildman–Crippen LogP) is 2.21. The second-order valence-electron chi connectivity index (χ2n) is 2.23. The maximum absolute atomic E-state index is 12.7. The fraction of sp³-hybridized carbons (Fsp3) is 0.167. The number of hydrogen-bond donors (Lipinski definition) is 0. The standard InChI is InChI=1S/C6H2F4N2O2/c7-2-1-3(5(8)9)11-6(10)4(2)12(13)14/h1,5H. The Morgan fingerprint density at radius 2 is 2.00 bits per heavy atom. The van der Waals surface area contributed by atoms with Crippen molar-refractivity contribution < 1.29 is 22.5 Å². The van der Waals surface area contributed by atoms with Crippen molar-refractivity contribution in [2.24, 2.45) is 0 Å². The van der Waals surface area contributed by atoms with E-state index in [1.807, 2.05) is 0 Å². The fourth-order valence-electron chi connectivity index (χ4n) is 0.770. The van der Waals surface area contributed by atoms with Crippen molar-refractivity contribution in [2.75, 3.05) is 0 Å². The first-order valence-corrected chi connectivity index (χ1v) is 3.22. The maximum Gasteiger partial charge on any atom is 0.359 e. The first-order valence-electron chi connectivity index (χ1n) is 3.22. The Hall–Kier alpha value is -1.73. The normalized spacial score (nSPS) is 10.6. The Morgan fingerprint density at radius 1 is 1.43 bits per heavy atom. The molecule has 0 fully saturated rings. The molecule has 0 aliphatic carbocycles. The molecule has 76 valence electrons. The molecule has 0 radical (unpaired) electrons. The van der Waals surface area contributed by atoms with E-state index in [2.05, 4.69) is 4.98 Å². The van der Waals surface area contributed by atoms with Crippen LogP contribution in [0.4, 0.5) is 23.2 Å². The molecule has 0 spiro atoms. The lowest BCUT2D eigenvalue weighted by Gasteiger charge is -1.99. The van der Waals surface area contributed by atoms with Gasteiger partial charge in [0.05, 0.1) is 4.92 Å². The number of hydrogen-bond acceptors (Lipinski definition) is 3. The van der Waals surface area contributed by atoms with Crippen molar-refractivity contribution in [1.82, 2.24) is 4.98 Å². The number of pyridine rings is 1. The molecule has 1 aromatic rings. The van der Waals surface area contributed by atoms with Crippen LogP contribution in [0.15, 0.2) is 6.07 Å². The number of aromatic nitrogens is 1. The van der Waals surface area contributed by atoms with Gasteiger partial charge in [-0.15, -0.1) is 0 Å². The molecular formula is C6H2F4N2O2. The van der Waals surface area contributed by atoms with E-state index in [4.69, 9.17) is 0 Å². The van der Waals surface area contributed by atoms with Crippen LogP contribution in [0.2, 0.25) is 0 Å². The third-order valence-electron chi connectivity index (χ3n) is 1.33. The van der Waals surface area contributed by atoms with E-state index in [0.29, 0.717) is 0 Å². The number of alkyl halides is 2. The Kier molecular flexibility index (Phi) is 2.63. The third-order valence-corrected chi connectivity index (χ3v) is 1.33. The highest BCUT2D eigenvalue weighted by Gasteiger charge is 2.25. The zero-order valence-electron chi connectivity index (χ0n) is 6.38. The Labute approximate surface area is 74.3 Å². The van der Waals surface area contributed by atoms with Crippen molar-refractivity contribution in [2.45, 2.75) is 6.43 Å². The summed E-state index contributed by atoms with van der Waals surface area (Å²) in [6.45, 7) is 0. The lowest BCUT2D eigenvalue weighted by atomic mass is 10.3. The van der Waals surface area contributed by atoms with Crippen LogP contribution in [0.1, 0.15) is 12.1 Å². The molecule has 0 bridgehead atoms. The summed E-state index contributed by atoms with van der Waals surface area (Å²) in [6, 6.07) is 0.131. The van der Waals surface area contributed by atoms with Crippen LogP contribution < -0.4 is 0 Å². The van der Waals surface area contributed by atoms with Gasteiger partial charge in [-0.3, -0.25) is 10.1 Å². The van der Waals surface area contributed by atoms with Gasteiger partial charge in [0.1, 0.15) is 5.69 Å². The molecule has 0 atom stereocenters. The summed E-state index contributed by atoms with van der Waals surface area (Å²) < 4.78 is 49.1. The molecule has 1 heterocycles. The summed E-state index contributed by atoms with van der Waals surface area (Å²) in [5, 5.41) is 10.0. The van der Waals surface area contributed by atoms with Gasteiger partial charge in [0.25, 0.3) is 12.4 Å². The number of halogens is 4. The molecular weight excluding hydrogens is 208 g/mol. The molecule has 0 aromatic carbocycles. The zero-order valence-corrected chi connectivity index (χ0v) is 6.38. The third kappa shape index (κ3) is 1.78. The Morgan fingerprint density at radius 3 is 2.36 bits per heavy atom.